The molecule has 104 valence electrons. The highest BCUT2D eigenvalue weighted by Crippen LogP contribution is 2.29. The number of aromatic nitrogens is 3. The number of nitrogens with zero attached hydrogens (tertiary/aromatic N) is 3. The Kier molecular flexibility index (Phi) is 3.44. The van der Waals surface area contributed by atoms with Crippen molar-refractivity contribution in [2.24, 2.45) is 0 Å². The summed E-state index contributed by atoms with van der Waals surface area (Å²) in [5.41, 5.74) is 0.957. The number of hydrogen-bond donors (Lipinski definition) is 0. The highest BCUT2D eigenvalue weighted by atomic mass is 35.5. The van der Waals surface area contributed by atoms with Gasteiger partial charge in [0, 0.05) is 22.5 Å². The van der Waals surface area contributed by atoms with Gasteiger partial charge in [-0.2, -0.15) is 4.98 Å². The fraction of sp³-hybridized carbons (Fsp3) is 0.286. The molecule has 0 saturated carbocycles. The smallest absolute Gasteiger partial charge is 0.229 e. The van der Waals surface area contributed by atoms with Crippen molar-refractivity contribution in [3.63, 3.8) is 0 Å². The fourth-order valence-corrected chi connectivity index (χ4v) is 2.62. The molecule has 2 heterocycles. The molecule has 0 aliphatic carbocycles. The molecule has 6 heteroatoms. The van der Waals surface area contributed by atoms with Gasteiger partial charge in [0.05, 0.1) is 17.1 Å². The summed E-state index contributed by atoms with van der Waals surface area (Å²) in [6.45, 7) is 4.56. The molecule has 0 radical (unpaired) electrons. The van der Waals surface area contributed by atoms with Crippen molar-refractivity contribution < 1.29 is 4.52 Å². The SMILES string of the molecule is CC(C)c1nc(Cn2ccc3c(Cl)cc(Cl)cc32)no1. The molecular weight excluding hydrogens is 297 g/mol. The summed E-state index contributed by atoms with van der Waals surface area (Å²) in [5, 5.41) is 6.20. The molecule has 0 bridgehead atoms. The van der Waals surface area contributed by atoms with Crippen LogP contribution in [-0.4, -0.2) is 14.7 Å². The van der Waals surface area contributed by atoms with Crippen LogP contribution in [0.3, 0.4) is 0 Å². The van der Waals surface area contributed by atoms with Crippen LogP contribution in [0.5, 0.6) is 0 Å². The lowest BCUT2D eigenvalue weighted by Crippen LogP contribution is -2.00. The second kappa shape index (κ2) is 5.11. The van der Waals surface area contributed by atoms with Crippen LogP contribution < -0.4 is 0 Å². The van der Waals surface area contributed by atoms with E-state index < -0.39 is 0 Å². The molecule has 3 rings (SSSR count). The first-order valence-electron chi connectivity index (χ1n) is 6.31. The standard InChI is InChI=1S/C14H13Cl2N3O/c1-8(2)14-17-13(18-20-14)7-19-4-3-10-11(16)5-9(15)6-12(10)19/h3-6,8H,7H2,1-2H3. The van der Waals surface area contributed by atoms with E-state index in [-0.39, 0.29) is 5.92 Å². The third-order valence-electron chi connectivity index (χ3n) is 3.09. The zero-order valence-electron chi connectivity index (χ0n) is 11.1. The molecule has 3 aromatic rings. The summed E-state index contributed by atoms with van der Waals surface area (Å²) in [7, 11) is 0. The van der Waals surface area contributed by atoms with Gasteiger partial charge in [-0.15, -0.1) is 0 Å². The van der Waals surface area contributed by atoms with Gasteiger partial charge in [-0.1, -0.05) is 42.2 Å². The summed E-state index contributed by atoms with van der Waals surface area (Å²) in [6, 6.07) is 5.57. The Hall–Kier alpha value is -1.52. The minimum absolute atomic E-state index is 0.224. The molecule has 4 nitrogen and oxygen atoms in total. The van der Waals surface area contributed by atoms with E-state index in [1.54, 1.807) is 6.07 Å². The quantitative estimate of drug-likeness (QED) is 0.715. The highest BCUT2D eigenvalue weighted by Gasteiger charge is 2.12. The lowest BCUT2D eigenvalue weighted by Gasteiger charge is -2.03. The Morgan fingerprint density at radius 1 is 1.30 bits per heavy atom. The molecule has 0 spiro atoms. The van der Waals surface area contributed by atoms with E-state index in [0.717, 1.165) is 10.9 Å². The van der Waals surface area contributed by atoms with Gasteiger partial charge in [0.25, 0.3) is 0 Å². The van der Waals surface area contributed by atoms with Gasteiger partial charge in [-0.25, -0.2) is 0 Å². The van der Waals surface area contributed by atoms with E-state index in [2.05, 4.69) is 10.1 Å². The van der Waals surface area contributed by atoms with Crippen molar-refractivity contribution in [2.75, 3.05) is 0 Å². The Morgan fingerprint density at radius 3 is 2.80 bits per heavy atom. The van der Waals surface area contributed by atoms with Gasteiger partial charge < -0.3 is 9.09 Å². The summed E-state index contributed by atoms with van der Waals surface area (Å²) in [4.78, 5) is 4.37. The van der Waals surface area contributed by atoms with Crippen LogP contribution in [0, 0.1) is 0 Å². The molecule has 0 saturated heterocycles. The fourth-order valence-electron chi connectivity index (χ4n) is 2.08. The minimum Gasteiger partial charge on any atom is -0.340 e. The lowest BCUT2D eigenvalue weighted by atomic mass is 10.2. The van der Waals surface area contributed by atoms with Crippen LogP contribution in [0.25, 0.3) is 10.9 Å². The number of benzene rings is 1. The summed E-state index contributed by atoms with van der Waals surface area (Å²) in [6.07, 6.45) is 1.94. The first kappa shape index (κ1) is 13.5. The Labute approximate surface area is 126 Å². The minimum atomic E-state index is 0.224. The molecule has 0 amide bonds. The number of halogens is 2. The van der Waals surface area contributed by atoms with Gasteiger partial charge in [0.15, 0.2) is 5.82 Å². The molecule has 0 N–H and O–H groups in total. The van der Waals surface area contributed by atoms with E-state index in [1.807, 2.05) is 36.7 Å². The highest BCUT2D eigenvalue weighted by molar-refractivity contribution is 6.38. The molecule has 0 unspecified atom stereocenters. The maximum atomic E-state index is 6.18. The first-order chi connectivity index (χ1) is 9.54. The lowest BCUT2D eigenvalue weighted by molar-refractivity contribution is 0.360. The van der Waals surface area contributed by atoms with Crippen molar-refractivity contribution >= 4 is 34.1 Å². The Bertz CT molecular complexity index is 761. The van der Waals surface area contributed by atoms with Crippen molar-refractivity contribution in [1.29, 1.82) is 0 Å². The average molecular weight is 310 g/mol. The van der Waals surface area contributed by atoms with Gasteiger partial charge in [-0.05, 0) is 18.2 Å². The van der Waals surface area contributed by atoms with Crippen molar-refractivity contribution in [1.82, 2.24) is 14.7 Å². The van der Waals surface area contributed by atoms with Crippen LogP contribution in [0.4, 0.5) is 0 Å². The average Bonchev–Trinajstić information content (AvgIpc) is 2.98. The zero-order chi connectivity index (χ0) is 14.3. The monoisotopic (exact) mass is 309 g/mol. The van der Waals surface area contributed by atoms with Crippen molar-refractivity contribution in [2.45, 2.75) is 26.3 Å². The topological polar surface area (TPSA) is 43.9 Å². The summed E-state index contributed by atoms with van der Waals surface area (Å²) >= 11 is 12.2. The summed E-state index contributed by atoms with van der Waals surface area (Å²) < 4.78 is 7.21. The van der Waals surface area contributed by atoms with Crippen molar-refractivity contribution in [3.05, 3.63) is 46.2 Å². The van der Waals surface area contributed by atoms with Crippen LogP contribution in [0.1, 0.15) is 31.5 Å². The number of fused-ring (bicyclic) bond motifs is 1. The normalized spacial score (nSPS) is 11.7. The third-order valence-corrected chi connectivity index (χ3v) is 3.62. The van der Waals surface area contributed by atoms with E-state index >= 15 is 0 Å². The molecular formula is C14H13Cl2N3O. The van der Waals surface area contributed by atoms with Gasteiger partial charge in [0.1, 0.15) is 0 Å². The van der Waals surface area contributed by atoms with Crippen LogP contribution in [0.15, 0.2) is 28.9 Å². The molecule has 1 aromatic carbocycles. The molecule has 0 fully saturated rings. The molecule has 20 heavy (non-hydrogen) atoms. The number of hydrogen-bond acceptors (Lipinski definition) is 3. The van der Waals surface area contributed by atoms with Crippen LogP contribution >= 0.6 is 23.2 Å². The van der Waals surface area contributed by atoms with E-state index in [0.29, 0.717) is 28.3 Å². The van der Waals surface area contributed by atoms with E-state index in [9.17, 15) is 0 Å². The van der Waals surface area contributed by atoms with Crippen LogP contribution in [0.2, 0.25) is 10.0 Å². The molecule has 2 aromatic heterocycles. The first-order valence-corrected chi connectivity index (χ1v) is 7.06. The number of rotatable bonds is 3. The van der Waals surface area contributed by atoms with Crippen molar-refractivity contribution in [3.8, 4) is 0 Å². The predicted molar refractivity (Wildman–Crippen MR) is 79.4 cm³/mol. The maximum Gasteiger partial charge on any atom is 0.229 e. The molecule has 0 atom stereocenters. The van der Waals surface area contributed by atoms with E-state index in [1.165, 1.54) is 0 Å². The Balaban J connectivity index is 1.98. The molecule has 0 aliphatic rings. The Morgan fingerprint density at radius 2 is 2.10 bits per heavy atom. The summed E-state index contributed by atoms with van der Waals surface area (Å²) in [5.74, 6) is 1.51. The van der Waals surface area contributed by atoms with Gasteiger partial charge in [-0.3, -0.25) is 0 Å². The largest absolute Gasteiger partial charge is 0.340 e. The third kappa shape index (κ3) is 2.41. The molecule has 0 aliphatic heterocycles. The zero-order valence-corrected chi connectivity index (χ0v) is 12.6. The van der Waals surface area contributed by atoms with E-state index in [4.69, 9.17) is 27.7 Å². The second-order valence-electron chi connectivity index (χ2n) is 4.97. The van der Waals surface area contributed by atoms with Gasteiger partial charge >= 0.3 is 0 Å². The van der Waals surface area contributed by atoms with Gasteiger partial charge in [0.2, 0.25) is 5.89 Å². The predicted octanol–water partition coefficient (Wildman–Crippen LogP) is 4.50. The maximum absolute atomic E-state index is 6.18. The second-order valence-corrected chi connectivity index (χ2v) is 5.81. The van der Waals surface area contributed by atoms with Crippen LogP contribution in [-0.2, 0) is 6.54 Å².